The van der Waals surface area contributed by atoms with E-state index >= 15 is 0 Å². The van der Waals surface area contributed by atoms with E-state index in [1.165, 1.54) is 0 Å². The third-order valence-corrected chi connectivity index (χ3v) is 3.35. The number of amides is 1. The van der Waals surface area contributed by atoms with Gasteiger partial charge in [0.2, 0.25) is 11.8 Å². The number of pyridine rings is 1. The molecule has 2 heterocycles. The maximum atomic E-state index is 11.6. The van der Waals surface area contributed by atoms with E-state index in [2.05, 4.69) is 4.98 Å². The monoisotopic (exact) mass is 242 g/mol. The Kier molecular flexibility index (Phi) is 2.63. The smallest absolute Gasteiger partial charge is 0.222 e. The van der Waals surface area contributed by atoms with Crippen LogP contribution < -0.4 is 0 Å². The predicted octanol–water partition coefficient (Wildman–Crippen LogP) is 2.06. The average Bonchev–Trinajstić information content (AvgIpc) is 2.76. The second kappa shape index (κ2) is 4.29. The van der Waals surface area contributed by atoms with E-state index in [-0.39, 0.29) is 11.8 Å². The number of hydrogen-bond acceptors (Lipinski definition) is 3. The highest BCUT2D eigenvalue weighted by Gasteiger charge is 2.20. The summed E-state index contributed by atoms with van der Waals surface area (Å²) in [6, 6.07) is 7.71. The first-order valence-electron chi connectivity index (χ1n) is 6.08. The van der Waals surface area contributed by atoms with Crippen LogP contribution in [0.25, 0.3) is 10.8 Å². The lowest BCUT2D eigenvalue weighted by atomic mass is 10.1. The minimum absolute atomic E-state index is 0.0436. The summed E-state index contributed by atoms with van der Waals surface area (Å²) in [4.78, 5) is 17.3. The van der Waals surface area contributed by atoms with Gasteiger partial charge in [-0.2, -0.15) is 0 Å². The first kappa shape index (κ1) is 11.0. The molecule has 1 amide bonds. The van der Waals surface area contributed by atoms with Crippen molar-refractivity contribution in [2.45, 2.75) is 19.4 Å². The van der Waals surface area contributed by atoms with Crippen LogP contribution in [0.5, 0.6) is 5.88 Å². The van der Waals surface area contributed by atoms with Crippen molar-refractivity contribution in [3.63, 3.8) is 0 Å². The summed E-state index contributed by atoms with van der Waals surface area (Å²) in [7, 11) is 0. The number of carbonyl (C=O) groups is 1. The summed E-state index contributed by atoms with van der Waals surface area (Å²) in [6.07, 6.45) is 3.18. The lowest BCUT2D eigenvalue weighted by molar-refractivity contribution is -0.128. The Morgan fingerprint density at radius 3 is 3.00 bits per heavy atom. The van der Waals surface area contributed by atoms with Crippen molar-refractivity contribution >= 4 is 16.7 Å². The Bertz CT molecular complexity index is 610. The van der Waals surface area contributed by atoms with Crippen LogP contribution in [-0.4, -0.2) is 27.4 Å². The fourth-order valence-corrected chi connectivity index (χ4v) is 2.39. The Labute approximate surface area is 105 Å². The summed E-state index contributed by atoms with van der Waals surface area (Å²) < 4.78 is 0. The predicted molar refractivity (Wildman–Crippen MR) is 68.1 cm³/mol. The number of aromatic nitrogens is 1. The SMILES string of the molecule is O=C1CCCN1Cc1ccc2ccnc(O)c2c1. The molecule has 1 aromatic carbocycles. The van der Waals surface area contributed by atoms with Crippen molar-refractivity contribution < 1.29 is 9.90 Å². The molecule has 2 aromatic rings. The zero-order chi connectivity index (χ0) is 12.5. The Morgan fingerprint density at radius 2 is 2.22 bits per heavy atom. The number of aromatic hydroxyl groups is 1. The molecule has 4 nitrogen and oxygen atoms in total. The topological polar surface area (TPSA) is 53.4 Å². The lowest BCUT2D eigenvalue weighted by Crippen LogP contribution is -2.23. The number of likely N-dealkylation sites (tertiary alicyclic amines) is 1. The third-order valence-electron chi connectivity index (χ3n) is 3.35. The first-order chi connectivity index (χ1) is 8.74. The zero-order valence-corrected chi connectivity index (χ0v) is 9.97. The average molecular weight is 242 g/mol. The summed E-state index contributed by atoms with van der Waals surface area (Å²) >= 11 is 0. The van der Waals surface area contributed by atoms with Gasteiger partial charge in [-0.1, -0.05) is 12.1 Å². The molecule has 1 aromatic heterocycles. The van der Waals surface area contributed by atoms with Crippen molar-refractivity contribution in [1.29, 1.82) is 0 Å². The molecule has 18 heavy (non-hydrogen) atoms. The molecular formula is C14H14N2O2. The van der Waals surface area contributed by atoms with E-state index in [0.29, 0.717) is 13.0 Å². The van der Waals surface area contributed by atoms with Gasteiger partial charge in [0.05, 0.1) is 0 Å². The molecular weight excluding hydrogens is 228 g/mol. The van der Waals surface area contributed by atoms with Gasteiger partial charge in [0.15, 0.2) is 0 Å². The van der Waals surface area contributed by atoms with Crippen molar-refractivity contribution in [3.05, 3.63) is 36.0 Å². The highest BCUT2D eigenvalue weighted by atomic mass is 16.3. The molecule has 1 fully saturated rings. The molecule has 0 radical (unpaired) electrons. The molecule has 0 unspecified atom stereocenters. The van der Waals surface area contributed by atoms with E-state index in [1.54, 1.807) is 6.20 Å². The molecule has 3 rings (SSSR count). The largest absolute Gasteiger partial charge is 0.493 e. The Morgan fingerprint density at radius 1 is 1.33 bits per heavy atom. The van der Waals surface area contributed by atoms with Crippen molar-refractivity contribution in [2.75, 3.05) is 6.54 Å². The Balaban J connectivity index is 1.93. The van der Waals surface area contributed by atoms with Crippen LogP contribution in [0, 0.1) is 0 Å². The van der Waals surface area contributed by atoms with E-state index in [9.17, 15) is 9.90 Å². The van der Waals surface area contributed by atoms with Gasteiger partial charge in [-0.05, 0) is 29.5 Å². The molecule has 0 saturated carbocycles. The number of carbonyl (C=O) groups excluding carboxylic acids is 1. The van der Waals surface area contributed by atoms with Crippen LogP contribution in [0.1, 0.15) is 18.4 Å². The van der Waals surface area contributed by atoms with Crippen molar-refractivity contribution in [2.24, 2.45) is 0 Å². The van der Waals surface area contributed by atoms with Gasteiger partial charge in [-0.3, -0.25) is 4.79 Å². The molecule has 0 atom stereocenters. The molecule has 1 N–H and O–H groups in total. The molecule has 0 aliphatic carbocycles. The standard InChI is InChI=1S/C14H14N2O2/c17-13-2-1-7-16(13)9-10-3-4-11-5-6-15-14(18)12(11)8-10/h3-6,8H,1-2,7,9H2,(H,15,18). The van der Waals surface area contributed by atoms with E-state index < -0.39 is 0 Å². The van der Waals surface area contributed by atoms with Gasteiger partial charge in [0, 0.05) is 31.1 Å². The molecule has 1 saturated heterocycles. The van der Waals surface area contributed by atoms with Gasteiger partial charge in [-0.25, -0.2) is 4.98 Å². The number of nitrogens with zero attached hydrogens (tertiary/aromatic N) is 2. The van der Waals surface area contributed by atoms with E-state index in [1.807, 2.05) is 29.2 Å². The van der Waals surface area contributed by atoms with Crippen molar-refractivity contribution in [1.82, 2.24) is 9.88 Å². The van der Waals surface area contributed by atoms with E-state index in [0.717, 1.165) is 29.3 Å². The number of benzene rings is 1. The quantitative estimate of drug-likeness (QED) is 0.877. The third kappa shape index (κ3) is 1.90. The maximum Gasteiger partial charge on any atom is 0.222 e. The van der Waals surface area contributed by atoms with Crippen molar-refractivity contribution in [3.8, 4) is 5.88 Å². The summed E-state index contributed by atoms with van der Waals surface area (Å²) in [5.41, 5.74) is 1.03. The molecule has 1 aliphatic rings. The van der Waals surface area contributed by atoms with Crippen LogP contribution in [0.3, 0.4) is 0 Å². The minimum Gasteiger partial charge on any atom is -0.493 e. The second-order valence-corrected chi connectivity index (χ2v) is 4.61. The number of hydrogen-bond donors (Lipinski definition) is 1. The molecule has 1 aliphatic heterocycles. The zero-order valence-electron chi connectivity index (χ0n) is 9.97. The molecule has 0 bridgehead atoms. The van der Waals surface area contributed by atoms with Gasteiger partial charge in [0.25, 0.3) is 0 Å². The van der Waals surface area contributed by atoms with Crippen LogP contribution in [0.4, 0.5) is 0 Å². The van der Waals surface area contributed by atoms with E-state index in [4.69, 9.17) is 0 Å². The fraction of sp³-hybridized carbons (Fsp3) is 0.286. The summed E-state index contributed by atoms with van der Waals surface area (Å²) in [5, 5.41) is 11.4. The minimum atomic E-state index is 0.0436. The van der Waals surface area contributed by atoms with Gasteiger partial charge < -0.3 is 10.0 Å². The van der Waals surface area contributed by atoms with Crippen LogP contribution >= 0.6 is 0 Å². The highest BCUT2D eigenvalue weighted by molar-refractivity contribution is 5.87. The van der Waals surface area contributed by atoms with Crippen LogP contribution in [-0.2, 0) is 11.3 Å². The Hall–Kier alpha value is -2.10. The number of fused-ring (bicyclic) bond motifs is 1. The maximum absolute atomic E-state index is 11.6. The second-order valence-electron chi connectivity index (χ2n) is 4.61. The lowest BCUT2D eigenvalue weighted by Gasteiger charge is -2.15. The van der Waals surface area contributed by atoms with Gasteiger partial charge in [0.1, 0.15) is 0 Å². The summed E-state index contributed by atoms with van der Waals surface area (Å²) in [5.74, 6) is 0.257. The van der Waals surface area contributed by atoms with Crippen LogP contribution in [0.15, 0.2) is 30.5 Å². The molecule has 4 heteroatoms. The molecule has 0 spiro atoms. The highest BCUT2D eigenvalue weighted by Crippen LogP contribution is 2.24. The van der Waals surface area contributed by atoms with Crippen LogP contribution in [0.2, 0.25) is 0 Å². The normalized spacial score (nSPS) is 15.6. The number of rotatable bonds is 2. The van der Waals surface area contributed by atoms with Gasteiger partial charge in [-0.15, -0.1) is 0 Å². The van der Waals surface area contributed by atoms with Gasteiger partial charge >= 0.3 is 0 Å². The molecule has 92 valence electrons. The first-order valence-corrected chi connectivity index (χ1v) is 6.08. The summed E-state index contributed by atoms with van der Waals surface area (Å²) in [6.45, 7) is 1.44. The fourth-order valence-electron chi connectivity index (χ4n) is 2.39.